The molecule has 1 aromatic carbocycles. The molecular weight excluding hydrogens is 302 g/mol. The Morgan fingerprint density at radius 3 is 2.21 bits per heavy atom. The maximum Gasteiger partial charge on any atom is 0.166 e. The first-order valence-corrected chi connectivity index (χ1v) is 9.64. The molecule has 1 aromatic rings. The summed E-state index contributed by atoms with van der Waals surface area (Å²) in [5, 5.41) is 0. The first-order valence-electron chi connectivity index (χ1n) is 9.64. The molecule has 0 aliphatic heterocycles. The van der Waals surface area contributed by atoms with E-state index in [0.29, 0.717) is 11.1 Å². The van der Waals surface area contributed by atoms with Crippen LogP contribution in [-0.4, -0.2) is 0 Å². The average Bonchev–Trinajstić information content (AvgIpc) is 2.58. The molecule has 2 heteroatoms. The average molecular weight is 332 g/mol. The summed E-state index contributed by atoms with van der Waals surface area (Å²) < 4.78 is 28.8. The normalized spacial score (nSPS) is 28.1. The lowest BCUT2D eigenvalue weighted by molar-refractivity contribution is 0.202. The van der Waals surface area contributed by atoms with E-state index in [2.05, 4.69) is 13.0 Å². The first-order chi connectivity index (χ1) is 11.5. The lowest BCUT2D eigenvalue weighted by atomic mass is 9.71. The van der Waals surface area contributed by atoms with Crippen molar-refractivity contribution in [2.24, 2.45) is 17.8 Å². The lowest BCUT2D eigenvalue weighted by Gasteiger charge is -2.34. The Balaban J connectivity index is 1.72. The van der Waals surface area contributed by atoms with Gasteiger partial charge in [-0.2, -0.15) is 0 Å². The summed E-state index contributed by atoms with van der Waals surface area (Å²) >= 11 is 0. The monoisotopic (exact) mass is 332 g/mol. The minimum Gasteiger partial charge on any atom is -0.203 e. The Bertz CT molecular complexity index is 607. The van der Waals surface area contributed by atoms with E-state index in [9.17, 15) is 8.78 Å². The number of hydrogen-bond acceptors (Lipinski definition) is 0. The van der Waals surface area contributed by atoms with Crippen LogP contribution < -0.4 is 0 Å². The summed E-state index contributed by atoms with van der Waals surface area (Å²) in [7, 11) is 0. The summed E-state index contributed by atoms with van der Waals surface area (Å²) in [4.78, 5) is 0. The molecule has 1 fully saturated rings. The van der Waals surface area contributed by atoms with Crippen LogP contribution in [0.4, 0.5) is 8.78 Å². The van der Waals surface area contributed by atoms with Gasteiger partial charge in [0.15, 0.2) is 11.6 Å². The van der Waals surface area contributed by atoms with E-state index in [1.165, 1.54) is 25.7 Å². The highest BCUT2D eigenvalue weighted by atomic mass is 19.2. The van der Waals surface area contributed by atoms with E-state index in [-0.39, 0.29) is 5.92 Å². The summed E-state index contributed by atoms with van der Waals surface area (Å²) in [6.07, 6.45) is 10.6. The Hall–Kier alpha value is -1.18. The van der Waals surface area contributed by atoms with Crippen molar-refractivity contribution in [1.82, 2.24) is 0 Å². The minimum absolute atomic E-state index is 0.00644. The minimum atomic E-state index is -0.660. The molecule has 0 radical (unpaired) electrons. The van der Waals surface area contributed by atoms with Crippen LogP contribution in [0.1, 0.15) is 82.8 Å². The van der Waals surface area contributed by atoms with Crippen LogP contribution in [-0.2, 0) is 0 Å². The Morgan fingerprint density at radius 2 is 1.62 bits per heavy atom. The maximum atomic E-state index is 14.5. The first kappa shape index (κ1) is 17.6. The fourth-order valence-electron chi connectivity index (χ4n) is 4.54. The molecule has 0 amide bonds. The van der Waals surface area contributed by atoms with Crippen LogP contribution in [0, 0.1) is 29.4 Å². The number of rotatable bonds is 3. The summed E-state index contributed by atoms with van der Waals surface area (Å²) in [5.74, 6) is 1.15. The van der Waals surface area contributed by atoms with E-state index in [1.54, 1.807) is 12.1 Å². The molecule has 2 aliphatic carbocycles. The quantitative estimate of drug-likeness (QED) is 0.554. The smallest absolute Gasteiger partial charge is 0.166 e. The zero-order chi connectivity index (χ0) is 17.3. The highest BCUT2D eigenvalue weighted by molar-refractivity contribution is 5.67. The van der Waals surface area contributed by atoms with Crippen molar-refractivity contribution in [2.45, 2.75) is 71.6 Å². The van der Waals surface area contributed by atoms with E-state index in [4.69, 9.17) is 0 Å². The van der Waals surface area contributed by atoms with Gasteiger partial charge in [0.2, 0.25) is 0 Å². The van der Waals surface area contributed by atoms with Crippen molar-refractivity contribution in [3.05, 3.63) is 41.0 Å². The fourth-order valence-corrected chi connectivity index (χ4v) is 4.54. The molecule has 1 saturated carbocycles. The molecule has 0 bridgehead atoms. The highest BCUT2D eigenvalue weighted by Crippen LogP contribution is 2.41. The second-order valence-electron chi connectivity index (χ2n) is 8.27. The van der Waals surface area contributed by atoms with Crippen LogP contribution >= 0.6 is 0 Å². The third-order valence-corrected chi connectivity index (χ3v) is 6.26. The predicted molar refractivity (Wildman–Crippen MR) is 96.9 cm³/mol. The van der Waals surface area contributed by atoms with Crippen LogP contribution in [0.15, 0.2) is 18.2 Å². The third kappa shape index (κ3) is 3.58. The molecule has 1 atom stereocenters. The van der Waals surface area contributed by atoms with E-state index in [1.807, 2.05) is 13.8 Å². The van der Waals surface area contributed by atoms with Crippen molar-refractivity contribution in [3.63, 3.8) is 0 Å². The van der Waals surface area contributed by atoms with Gasteiger partial charge in [0, 0.05) is 5.56 Å². The number of benzene rings is 1. The molecule has 0 aromatic heterocycles. The van der Waals surface area contributed by atoms with Gasteiger partial charge in [-0.3, -0.25) is 0 Å². The van der Waals surface area contributed by atoms with Gasteiger partial charge < -0.3 is 0 Å². The number of hydrogen-bond donors (Lipinski definition) is 0. The van der Waals surface area contributed by atoms with Gasteiger partial charge >= 0.3 is 0 Å². The Morgan fingerprint density at radius 1 is 0.917 bits per heavy atom. The zero-order valence-corrected chi connectivity index (χ0v) is 15.2. The summed E-state index contributed by atoms with van der Waals surface area (Å²) in [6, 6.07) is 3.54. The van der Waals surface area contributed by atoms with E-state index in [0.717, 1.165) is 42.6 Å². The van der Waals surface area contributed by atoms with E-state index >= 15 is 0 Å². The van der Waals surface area contributed by atoms with Gasteiger partial charge in [-0.15, -0.1) is 0 Å². The van der Waals surface area contributed by atoms with E-state index < -0.39 is 11.6 Å². The number of allylic oxidation sites excluding steroid dienone is 2. The van der Waals surface area contributed by atoms with Gasteiger partial charge in [-0.05, 0) is 66.9 Å². The standard InChI is InChI=1S/C22H30F2/c1-14(2)19-12-13-20(22(24)21(19)23)18-10-8-17(9-11-18)16-6-4-15(3)5-7-16/h10,12-17H,4-9,11H2,1-3H3. The predicted octanol–water partition coefficient (Wildman–Crippen LogP) is 7.10. The van der Waals surface area contributed by atoms with Crippen molar-refractivity contribution < 1.29 is 8.78 Å². The van der Waals surface area contributed by atoms with Crippen LogP contribution in [0.5, 0.6) is 0 Å². The second kappa shape index (κ2) is 7.37. The molecular formula is C22H30F2. The second-order valence-corrected chi connectivity index (χ2v) is 8.27. The summed E-state index contributed by atoms with van der Waals surface area (Å²) in [6.45, 7) is 6.15. The van der Waals surface area contributed by atoms with Crippen molar-refractivity contribution >= 4 is 5.57 Å². The van der Waals surface area contributed by atoms with Crippen LogP contribution in [0.25, 0.3) is 5.57 Å². The molecule has 0 heterocycles. The van der Waals surface area contributed by atoms with Gasteiger partial charge in [0.05, 0.1) is 0 Å². The van der Waals surface area contributed by atoms with Crippen molar-refractivity contribution in [2.75, 3.05) is 0 Å². The molecule has 132 valence electrons. The Kier molecular flexibility index (Phi) is 5.42. The topological polar surface area (TPSA) is 0 Å². The van der Waals surface area contributed by atoms with Gasteiger partial charge in [-0.1, -0.05) is 51.8 Å². The SMILES string of the molecule is CC1CCC(C2CC=C(c3ccc(C(C)C)c(F)c3F)CC2)CC1. The molecule has 1 unspecified atom stereocenters. The third-order valence-electron chi connectivity index (χ3n) is 6.26. The molecule has 2 aliphatic rings. The summed E-state index contributed by atoms with van der Waals surface area (Å²) in [5.41, 5.74) is 1.96. The van der Waals surface area contributed by atoms with Crippen molar-refractivity contribution in [3.8, 4) is 0 Å². The van der Waals surface area contributed by atoms with Gasteiger partial charge in [0.25, 0.3) is 0 Å². The van der Waals surface area contributed by atoms with Crippen molar-refractivity contribution in [1.29, 1.82) is 0 Å². The molecule has 0 N–H and O–H groups in total. The lowest BCUT2D eigenvalue weighted by Crippen LogP contribution is -2.22. The zero-order valence-electron chi connectivity index (χ0n) is 15.2. The number of halogens is 2. The van der Waals surface area contributed by atoms with Gasteiger partial charge in [-0.25, -0.2) is 8.78 Å². The van der Waals surface area contributed by atoms with Gasteiger partial charge in [0.1, 0.15) is 0 Å². The van der Waals surface area contributed by atoms with Crippen LogP contribution in [0.3, 0.4) is 0 Å². The molecule has 0 nitrogen and oxygen atoms in total. The van der Waals surface area contributed by atoms with Crippen LogP contribution in [0.2, 0.25) is 0 Å². The molecule has 3 rings (SSSR count). The fraction of sp³-hybridized carbons (Fsp3) is 0.636. The maximum absolute atomic E-state index is 14.5. The molecule has 0 spiro atoms. The largest absolute Gasteiger partial charge is 0.203 e. The highest BCUT2D eigenvalue weighted by Gasteiger charge is 2.28. The Labute approximate surface area is 145 Å². The molecule has 24 heavy (non-hydrogen) atoms. The molecule has 0 saturated heterocycles.